The summed E-state index contributed by atoms with van der Waals surface area (Å²) >= 11 is 0. The predicted octanol–water partition coefficient (Wildman–Crippen LogP) is 34.7. The van der Waals surface area contributed by atoms with Gasteiger partial charge in [0.15, 0.2) is 0 Å². The summed E-state index contributed by atoms with van der Waals surface area (Å²) < 4.78 is 13.0. The standard InChI is InChI=1S/C51H38N2.C44H28N2.C28H23N2.C11H24O2.CH3BFP.Bi.Ir.2H/c1-51(2)47-19-11-9-17-43(47)44-31-30-42(34-48(44)51)52(40-26-21-36(22-27-40)35-13-5-3-6-14-35)41-28-23-37(24-29-41)38-25-32-50-46(33-38)45-18-10-12-20-49(45)53(50)39-15-7-4-8-16-39;1-3-13-31(14-4-1)39-27-41(35-21-19-29-11-7-9-17-33(29)25-35)45-43-37(39)23-24-38-40(32-15-5-2-6-16-32)28-42(46-44(38)43)36-22-20-30-12-8-10-18-34(30)26-36;1-17-9-18(2)12-23(11-17)27-28(24-13-19(3)10-20(4)14-24)30-26-16-22-8-6-5-7-21(22)15-25(26)29-27;1-10(2,3)8(12)7-9(13)11(4,5)6;2-4-1-3;;;;/h3-34H,1-2H3;1-28H;5-13,15-16H,1-4H3;8-9,12-13H,7H2,1-6H3;4H,1H2;;;;/q;;-1;;;;;;. The minimum absolute atomic E-state index is 0. The molecular formula is C135H118BBiFIrN6O2P-. The molecule has 730 valence electrons. The Morgan fingerprint density at radius 3 is 1.26 bits per heavy atom. The topological polar surface area (TPSA) is 100 Å². The van der Waals surface area contributed by atoms with Crippen LogP contribution >= 0.6 is 8.46 Å². The maximum absolute atomic E-state index is 10.6. The number of aromatic nitrogens is 5. The second-order valence-corrected chi connectivity index (χ2v) is 41.7. The van der Waals surface area contributed by atoms with Crippen LogP contribution in [0.2, 0.25) is 0 Å². The molecule has 2 N–H and O–H groups in total. The number of benzene rings is 19. The minimum atomic E-state index is -0.443. The van der Waals surface area contributed by atoms with E-state index in [0.717, 1.165) is 123 Å². The van der Waals surface area contributed by atoms with Crippen molar-refractivity contribution in [2.24, 2.45) is 10.8 Å². The fourth-order valence-electron chi connectivity index (χ4n) is 20.4. The Hall–Kier alpha value is -14.4. The number of halogens is 1. The van der Waals surface area contributed by atoms with Gasteiger partial charge in [0.1, 0.15) is 7.57 Å². The van der Waals surface area contributed by atoms with Gasteiger partial charge in [-0.2, -0.15) is 0 Å². The van der Waals surface area contributed by atoms with Gasteiger partial charge in [-0.05, 0) is 232 Å². The maximum atomic E-state index is 10.6. The molecule has 13 heteroatoms. The van der Waals surface area contributed by atoms with Gasteiger partial charge in [0.2, 0.25) is 0 Å². The first-order valence-corrected chi connectivity index (χ1v) is 51.5. The summed E-state index contributed by atoms with van der Waals surface area (Å²) in [5, 5.41) is 31.4. The summed E-state index contributed by atoms with van der Waals surface area (Å²) in [6.45, 7) is 25.0. The number of rotatable bonds is 15. The second kappa shape index (κ2) is 44.7. The molecule has 3 atom stereocenters. The number of para-hydroxylation sites is 2. The molecule has 19 aromatic carbocycles. The second-order valence-electron chi connectivity index (χ2n) is 41.0. The molecule has 3 unspecified atom stereocenters. The first-order chi connectivity index (χ1) is 70.7. The summed E-state index contributed by atoms with van der Waals surface area (Å²) in [4.78, 5) is 23.5. The summed E-state index contributed by atoms with van der Waals surface area (Å²) in [5.41, 5.74) is 37.8. The normalized spacial score (nSPS) is 12.4. The van der Waals surface area contributed by atoms with Gasteiger partial charge in [0, 0.05) is 93.1 Å². The van der Waals surface area contributed by atoms with Gasteiger partial charge < -0.3 is 19.7 Å². The van der Waals surface area contributed by atoms with Gasteiger partial charge in [0.25, 0.3) is 0 Å². The van der Waals surface area contributed by atoms with Gasteiger partial charge in [-0.15, -0.1) is 43.3 Å². The van der Waals surface area contributed by atoms with Crippen LogP contribution < -0.4 is 4.90 Å². The maximum Gasteiger partial charge on any atom is 0.0978 e. The fraction of sp³-hybridized carbons (Fsp3) is 0.141. The number of nitrogens with zero attached hydrogens (tertiary/aromatic N) is 6. The average molecular weight is 2320 g/mol. The van der Waals surface area contributed by atoms with Crippen molar-refractivity contribution in [3.8, 4) is 106 Å². The number of anilines is 3. The summed E-state index contributed by atoms with van der Waals surface area (Å²) in [6.07, 6.45) is -0.809. The van der Waals surface area contributed by atoms with Crippen molar-refractivity contribution < 1.29 is 34.7 Å². The van der Waals surface area contributed by atoms with Crippen LogP contribution in [0.4, 0.5) is 21.5 Å². The molecule has 148 heavy (non-hydrogen) atoms. The van der Waals surface area contributed by atoms with Crippen LogP contribution in [0.5, 0.6) is 0 Å². The quantitative estimate of drug-likeness (QED) is 0.0347. The van der Waals surface area contributed by atoms with E-state index >= 15 is 0 Å². The van der Waals surface area contributed by atoms with Crippen molar-refractivity contribution in [3.05, 3.63) is 470 Å². The molecule has 4 heterocycles. The van der Waals surface area contributed by atoms with Crippen molar-refractivity contribution in [3.63, 3.8) is 0 Å². The zero-order chi connectivity index (χ0) is 101. The van der Waals surface area contributed by atoms with Crippen molar-refractivity contribution in [2.45, 2.75) is 107 Å². The zero-order valence-corrected chi connectivity index (χ0v) is 93.4. The number of aryl methyl sites for hydroxylation is 4. The predicted molar refractivity (Wildman–Crippen MR) is 628 cm³/mol. The van der Waals surface area contributed by atoms with Crippen LogP contribution in [-0.2, 0) is 25.5 Å². The Morgan fingerprint density at radius 1 is 0.345 bits per heavy atom. The Labute approximate surface area is 903 Å². The third-order valence-corrected chi connectivity index (χ3v) is 28.3. The SMILES string of the molecule is CC(C)(C)C(O)CC(O)C(C)(C)C.CC1(C)c2ccccc2-c2ccc(N(c3ccc(-c4ccccc4)cc3)c3ccc(-c4ccc5c(c4)c4ccccc4n5-c4ccccc4)cc3)cc21.Cc1[c-]c(-c2nc3cc4ccccc4cc3nc2-c2cc(C)cc(C)c2)cc(C)c1.[B]PCF.[BiH2].[Ir].c1ccc(-c2cc(-c3ccc4ccccc4c3)nc3c2ccc2c(-c4ccccc4)cc(-c4ccc5ccccc5c4)nc23)cc1. The van der Waals surface area contributed by atoms with Crippen LogP contribution in [-0.4, -0.2) is 87.1 Å². The number of hydrogen-bond acceptors (Lipinski definition) is 7. The number of pyridine rings is 2. The molecule has 0 spiro atoms. The van der Waals surface area contributed by atoms with Crippen LogP contribution in [0.3, 0.4) is 0 Å². The van der Waals surface area contributed by atoms with Crippen LogP contribution in [0.1, 0.15) is 95.2 Å². The Balaban J connectivity index is 0.000000137. The van der Waals surface area contributed by atoms with Gasteiger partial charge >= 0.3 is 26.2 Å². The van der Waals surface area contributed by atoms with Gasteiger partial charge in [-0.25, -0.2) is 14.4 Å². The smallest absolute Gasteiger partial charge is 0.0978 e. The molecule has 23 aromatic rings. The molecular weight excluding hydrogens is 2200 g/mol. The van der Waals surface area contributed by atoms with Crippen molar-refractivity contribution in [2.75, 3.05) is 11.3 Å². The third-order valence-electron chi connectivity index (χ3n) is 28.2. The zero-order valence-electron chi connectivity index (χ0n) is 85.5. The molecule has 8 nitrogen and oxygen atoms in total. The molecule has 4 aromatic heterocycles. The van der Waals surface area contributed by atoms with Crippen molar-refractivity contribution in [1.82, 2.24) is 24.5 Å². The van der Waals surface area contributed by atoms with Crippen LogP contribution in [0.25, 0.3) is 193 Å². The molecule has 24 rings (SSSR count). The first kappa shape index (κ1) is 104. The Kier molecular flexibility index (Phi) is 31.3. The van der Waals surface area contributed by atoms with E-state index < -0.39 is 12.2 Å². The van der Waals surface area contributed by atoms with Gasteiger partial charge in [0.05, 0.1) is 68.8 Å². The number of aliphatic hydroxyl groups is 2. The van der Waals surface area contributed by atoms with E-state index in [0.29, 0.717) is 6.42 Å². The number of hydrogen-bond donors (Lipinski definition) is 2. The van der Waals surface area contributed by atoms with Crippen LogP contribution in [0, 0.1) is 44.6 Å². The van der Waals surface area contributed by atoms with E-state index in [2.05, 4.69) is 495 Å². The molecule has 1 aliphatic carbocycles. The summed E-state index contributed by atoms with van der Waals surface area (Å²) in [6, 6.07) is 158. The van der Waals surface area contributed by atoms with E-state index in [-0.39, 0.29) is 77.4 Å². The summed E-state index contributed by atoms with van der Waals surface area (Å²) in [5.74, 6) is 0. The Morgan fingerprint density at radius 2 is 0.750 bits per heavy atom. The fourth-order valence-corrected chi connectivity index (χ4v) is 20.4. The molecule has 0 aliphatic heterocycles. The largest absolute Gasteiger partial charge is 0.245 e. The number of alkyl halides is 1. The monoisotopic (exact) mass is 2320 g/mol. The molecule has 0 fully saturated rings. The molecule has 0 amide bonds. The van der Waals surface area contributed by atoms with Crippen molar-refractivity contribution >= 4 is 146 Å². The molecule has 0 saturated carbocycles. The Bertz CT molecular complexity index is 8410. The van der Waals surface area contributed by atoms with E-state index in [9.17, 15) is 14.6 Å². The first-order valence-electron chi connectivity index (χ1n) is 50.2. The van der Waals surface area contributed by atoms with E-state index in [4.69, 9.17) is 19.9 Å². The summed E-state index contributed by atoms with van der Waals surface area (Å²) in [7, 11) is 4.65. The van der Waals surface area contributed by atoms with E-state index in [1.54, 1.807) is 0 Å². The third kappa shape index (κ3) is 22.1. The van der Waals surface area contributed by atoms with E-state index in [1.165, 1.54) is 121 Å². The minimum Gasteiger partial charge on any atom is -0.245 e. The van der Waals surface area contributed by atoms with Gasteiger partial charge in [-0.3, -0.25) is 9.97 Å². The molecule has 4 radical (unpaired) electrons. The van der Waals surface area contributed by atoms with Gasteiger partial charge in [-0.1, -0.05) is 396 Å². The number of aliphatic hydroxyl groups excluding tert-OH is 2. The van der Waals surface area contributed by atoms with Crippen molar-refractivity contribution in [1.29, 1.82) is 0 Å². The van der Waals surface area contributed by atoms with Crippen LogP contribution in [0.15, 0.2) is 431 Å². The van der Waals surface area contributed by atoms with E-state index in [1.807, 2.05) is 41.5 Å². The molecule has 0 bridgehead atoms. The average Bonchev–Trinajstić information content (AvgIpc) is 1.53. The number of fused-ring (bicyclic) bond motifs is 13. The molecule has 1 aliphatic rings. The molecule has 0 saturated heterocycles.